The lowest BCUT2D eigenvalue weighted by Crippen LogP contribution is -2.14. The Hall–Kier alpha value is -1.43. The first-order valence-electron chi connectivity index (χ1n) is 4.84. The molecule has 1 N–H and O–H groups in total. The Morgan fingerprint density at radius 2 is 2.40 bits per heavy atom. The van der Waals surface area contributed by atoms with Crippen LogP contribution in [0.15, 0.2) is 0 Å². The summed E-state index contributed by atoms with van der Waals surface area (Å²) >= 11 is 0. The van der Waals surface area contributed by atoms with Gasteiger partial charge in [0.05, 0.1) is 13.2 Å². The number of hydrogen-bond donors (Lipinski definition) is 1. The number of methoxy groups -OCH3 is 1. The van der Waals surface area contributed by atoms with Gasteiger partial charge in [0.2, 0.25) is 0 Å². The molecule has 6 nitrogen and oxygen atoms in total. The Morgan fingerprint density at radius 1 is 1.60 bits per heavy atom. The third kappa shape index (κ3) is 1.72. The summed E-state index contributed by atoms with van der Waals surface area (Å²) in [6, 6.07) is 0. The normalized spacial score (nSPS) is 25.5. The van der Waals surface area contributed by atoms with Crippen molar-refractivity contribution in [1.29, 1.82) is 0 Å². The molecule has 15 heavy (non-hydrogen) atoms. The molecular formula is C9H13N3O3. The van der Waals surface area contributed by atoms with E-state index in [2.05, 4.69) is 20.1 Å². The minimum absolute atomic E-state index is 0.0681. The lowest BCUT2D eigenvalue weighted by molar-refractivity contribution is 0.0591. The molecule has 1 aromatic heterocycles. The Kier molecular flexibility index (Phi) is 2.68. The van der Waals surface area contributed by atoms with Crippen LogP contribution < -0.4 is 0 Å². The SMILES string of the molecule is COC(=O)c1n[nH]nc1C1CCOC1C. The number of rotatable bonds is 2. The molecule has 2 heterocycles. The molecular weight excluding hydrogens is 198 g/mol. The van der Waals surface area contributed by atoms with Crippen molar-refractivity contribution < 1.29 is 14.3 Å². The Labute approximate surface area is 87.0 Å². The highest BCUT2D eigenvalue weighted by Gasteiger charge is 2.32. The van der Waals surface area contributed by atoms with E-state index in [4.69, 9.17) is 4.74 Å². The summed E-state index contributed by atoms with van der Waals surface area (Å²) in [6.07, 6.45) is 0.927. The van der Waals surface area contributed by atoms with Crippen molar-refractivity contribution in [1.82, 2.24) is 15.4 Å². The fraction of sp³-hybridized carbons (Fsp3) is 0.667. The van der Waals surface area contributed by atoms with Gasteiger partial charge < -0.3 is 9.47 Å². The van der Waals surface area contributed by atoms with Crippen LogP contribution in [-0.2, 0) is 9.47 Å². The maximum absolute atomic E-state index is 11.4. The fourth-order valence-electron chi connectivity index (χ4n) is 1.84. The van der Waals surface area contributed by atoms with E-state index in [1.54, 1.807) is 0 Å². The number of ether oxygens (including phenoxy) is 2. The van der Waals surface area contributed by atoms with Crippen molar-refractivity contribution in [2.45, 2.75) is 25.4 Å². The highest BCUT2D eigenvalue weighted by Crippen LogP contribution is 2.31. The van der Waals surface area contributed by atoms with Crippen LogP contribution in [0.4, 0.5) is 0 Å². The highest BCUT2D eigenvalue weighted by atomic mass is 16.5. The lowest BCUT2D eigenvalue weighted by Gasteiger charge is -2.11. The minimum Gasteiger partial charge on any atom is -0.464 e. The van der Waals surface area contributed by atoms with Gasteiger partial charge in [-0.2, -0.15) is 10.3 Å². The number of nitrogens with one attached hydrogen (secondary N) is 1. The summed E-state index contributed by atoms with van der Waals surface area (Å²) in [4.78, 5) is 11.4. The summed E-state index contributed by atoms with van der Waals surface area (Å²) < 4.78 is 10.1. The van der Waals surface area contributed by atoms with E-state index in [0.29, 0.717) is 12.3 Å². The van der Waals surface area contributed by atoms with E-state index in [0.717, 1.165) is 6.42 Å². The molecule has 1 fully saturated rings. The van der Waals surface area contributed by atoms with Crippen LogP contribution >= 0.6 is 0 Å². The van der Waals surface area contributed by atoms with Crippen LogP contribution in [0.5, 0.6) is 0 Å². The van der Waals surface area contributed by atoms with Gasteiger partial charge in [-0.05, 0) is 13.3 Å². The molecule has 1 aromatic rings. The van der Waals surface area contributed by atoms with Crippen molar-refractivity contribution in [2.24, 2.45) is 0 Å². The summed E-state index contributed by atoms with van der Waals surface area (Å²) in [5.41, 5.74) is 0.909. The standard InChI is InChI=1S/C9H13N3O3/c1-5-6(3-4-15-5)7-8(9(13)14-2)11-12-10-7/h5-6H,3-4H2,1-2H3,(H,10,11,12). The largest absolute Gasteiger partial charge is 0.464 e. The van der Waals surface area contributed by atoms with Gasteiger partial charge in [0, 0.05) is 12.5 Å². The topological polar surface area (TPSA) is 77.1 Å². The van der Waals surface area contributed by atoms with E-state index >= 15 is 0 Å². The van der Waals surface area contributed by atoms with Crippen molar-refractivity contribution in [2.75, 3.05) is 13.7 Å². The number of esters is 1. The summed E-state index contributed by atoms with van der Waals surface area (Å²) in [6.45, 7) is 2.66. The van der Waals surface area contributed by atoms with Gasteiger partial charge in [0.15, 0.2) is 5.69 Å². The van der Waals surface area contributed by atoms with Gasteiger partial charge in [0.1, 0.15) is 5.69 Å². The van der Waals surface area contributed by atoms with E-state index in [-0.39, 0.29) is 17.7 Å². The smallest absolute Gasteiger partial charge is 0.360 e. The van der Waals surface area contributed by atoms with Crippen LogP contribution in [-0.4, -0.2) is 41.2 Å². The van der Waals surface area contributed by atoms with Crippen molar-refractivity contribution in [3.8, 4) is 0 Å². The average Bonchev–Trinajstić information content (AvgIpc) is 2.84. The Bertz CT molecular complexity index is 363. The lowest BCUT2D eigenvalue weighted by atomic mass is 9.97. The van der Waals surface area contributed by atoms with E-state index in [1.807, 2.05) is 6.92 Å². The number of aromatic amines is 1. The van der Waals surface area contributed by atoms with E-state index < -0.39 is 5.97 Å². The maximum atomic E-state index is 11.4. The first-order chi connectivity index (χ1) is 7.24. The van der Waals surface area contributed by atoms with Crippen LogP contribution in [0, 0.1) is 0 Å². The van der Waals surface area contributed by atoms with Crippen molar-refractivity contribution in [3.05, 3.63) is 11.4 Å². The van der Waals surface area contributed by atoms with Gasteiger partial charge in [0.25, 0.3) is 0 Å². The summed E-state index contributed by atoms with van der Waals surface area (Å²) in [7, 11) is 1.33. The fourth-order valence-corrected chi connectivity index (χ4v) is 1.84. The minimum atomic E-state index is -0.460. The predicted molar refractivity (Wildman–Crippen MR) is 50.5 cm³/mol. The molecule has 0 aliphatic carbocycles. The molecule has 1 aliphatic rings. The highest BCUT2D eigenvalue weighted by molar-refractivity contribution is 5.88. The second-order valence-corrected chi connectivity index (χ2v) is 3.52. The van der Waals surface area contributed by atoms with Gasteiger partial charge in [-0.1, -0.05) is 0 Å². The zero-order chi connectivity index (χ0) is 10.8. The summed E-state index contributed by atoms with van der Waals surface area (Å²) in [5.74, 6) is -0.337. The molecule has 82 valence electrons. The molecule has 0 radical (unpaired) electrons. The third-order valence-electron chi connectivity index (χ3n) is 2.68. The summed E-state index contributed by atoms with van der Waals surface area (Å²) in [5, 5.41) is 10.3. The predicted octanol–water partition coefficient (Wildman–Crippen LogP) is 0.484. The molecule has 0 spiro atoms. The zero-order valence-electron chi connectivity index (χ0n) is 8.69. The Morgan fingerprint density at radius 3 is 3.00 bits per heavy atom. The zero-order valence-corrected chi connectivity index (χ0v) is 8.69. The monoisotopic (exact) mass is 211 g/mol. The van der Waals surface area contributed by atoms with Crippen LogP contribution in [0.25, 0.3) is 0 Å². The molecule has 2 atom stereocenters. The van der Waals surface area contributed by atoms with E-state index in [1.165, 1.54) is 7.11 Å². The molecule has 0 aromatic carbocycles. The quantitative estimate of drug-likeness (QED) is 0.720. The van der Waals surface area contributed by atoms with Gasteiger partial charge in [-0.3, -0.25) is 0 Å². The Balaban J connectivity index is 2.28. The molecule has 0 saturated carbocycles. The van der Waals surface area contributed by atoms with Crippen LogP contribution in [0.2, 0.25) is 0 Å². The number of aromatic nitrogens is 3. The van der Waals surface area contributed by atoms with Crippen molar-refractivity contribution >= 4 is 5.97 Å². The number of hydrogen-bond acceptors (Lipinski definition) is 5. The van der Waals surface area contributed by atoms with Crippen LogP contribution in [0.3, 0.4) is 0 Å². The number of H-pyrrole nitrogens is 1. The number of carbonyl (C=O) groups is 1. The van der Waals surface area contributed by atoms with Gasteiger partial charge >= 0.3 is 5.97 Å². The molecule has 1 aliphatic heterocycles. The molecule has 6 heteroatoms. The maximum Gasteiger partial charge on any atom is 0.360 e. The second kappa shape index (κ2) is 3.98. The van der Waals surface area contributed by atoms with Gasteiger partial charge in [-0.15, -0.1) is 5.10 Å². The number of carbonyl (C=O) groups excluding carboxylic acids is 1. The third-order valence-corrected chi connectivity index (χ3v) is 2.68. The van der Waals surface area contributed by atoms with E-state index in [9.17, 15) is 4.79 Å². The molecule has 1 saturated heterocycles. The molecule has 2 unspecified atom stereocenters. The molecule has 0 amide bonds. The molecule has 2 rings (SSSR count). The molecule has 0 bridgehead atoms. The van der Waals surface area contributed by atoms with Crippen LogP contribution in [0.1, 0.15) is 35.4 Å². The first kappa shape index (κ1) is 10.1. The average molecular weight is 211 g/mol. The van der Waals surface area contributed by atoms with Crippen molar-refractivity contribution in [3.63, 3.8) is 0 Å². The first-order valence-corrected chi connectivity index (χ1v) is 4.84. The number of nitrogens with zero attached hydrogens (tertiary/aromatic N) is 2. The second-order valence-electron chi connectivity index (χ2n) is 3.52. The van der Waals surface area contributed by atoms with Gasteiger partial charge in [-0.25, -0.2) is 4.79 Å².